The number of hydrogen-bond acceptors (Lipinski definition) is 2. The van der Waals surface area contributed by atoms with Crippen LogP contribution in [0.25, 0.3) is 0 Å². The molecule has 0 unspecified atom stereocenters. The highest BCUT2D eigenvalue weighted by molar-refractivity contribution is 9.11. The molecule has 0 spiro atoms. The first kappa shape index (κ1) is 17.1. The molecule has 0 saturated heterocycles. The Morgan fingerprint density at radius 2 is 1.89 bits per heavy atom. The van der Waals surface area contributed by atoms with E-state index in [1.54, 1.807) is 0 Å². The van der Waals surface area contributed by atoms with Gasteiger partial charge < -0.3 is 5.32 Å². The van der Waals surface area contributed by atoms with Crippen molar-refractivity contribution in [2.75, 3.05) is 6.54 Å². The predicted octanol–water partition coefficient (Wildman–Crippen LogP) is 5.30. The summed E-state index contributed by atoms with van der Waals surface area (Å²) in [7, 11) is 0. The van der Waals surface area contributed by atoms with E-state index in [4.69, 9.17) is 0 Å². The summed E-state index contributed by atoms with van der Waals surface area (Å²) in [6, 6.07) is 2.04. The molecule has 0 atom stereocenters. The molecule has 19 heavy (non-hydrogen) atoms. The zero-order valence-electron chi connectivity index (χ0n) is 11.9. The Balaban J connectivity index is 2.04. The van der Waals surface area contributed by atoms with Crippen LogP contribution in [0.3, 0.4) is 0 Å². The lowest BCUT2D eigenvalue weighted by Gasteiger charge is -2.07. The van der Waals surface area contributed by atoms with Crippen LogP contribution < -0.4 is 5.32 Å². The Hall–Kier alpha value is 0.0700. The van der Waals surface area contributed by atoms with Crippen LogP contribution in [-0.2, 0) is 6.54 Å². The molecule has 0 bridgehead atoms. The van der Waals surface area contributed by atoms with E-state index in [1.165, 1.54) is 32.1 Å². The molecule has 0 aliphatic rings. The monoisotopic (exact) mass is 390 g/mol. The molecule has 0 aliphatic heterocycles. The summed E-state index contributed by atoms with van der Waals surface area (Å²) >= 11 is 6.94. The summed E-state index contributed by atoms with van der Waals surface area (Å²) in [5, 5.41) is 3.45. The third kappa shape index (κ3) is 8.05. The SMILES string of the molecule is CC(C)CCCCCCNCc1ncc(Br)cc1Br. The van der Waals surface area contributed by atoms with Gasteiger partial charge in [-0.3, -0.25) is 4.98 Å². The molecule has 0 amide bonds. The molecule has 1 aromatic rings. The molecule has 0 aliphatic carbocycles. The van der Waals surface area contributed by atoms with Crippen LogP contribution >= 0.6 is 31.9 Å². The largest absolute Gasteiger partial charge is 0.311 e. The van der Waals surface area contributed by atoms with Gasteiger partial charge in [-0.15, -0.1) is 0 Å². The lowest BCUT2D eigenvalue weighted by molar-refractivity contribution is 0.511. The van der Waals surface area contributed by atoms with Crippen LogP contribution in [0, 0.1) is 5.92 Å². The summed E-state index contributed by atoms with van der Waals surface area (Å²) < 4.78 is 2.07. The number of unbranched alkanes of at least 4 members (excludes halogenated alkanes) is 3. The number of aromatic nitrogens is 1. The van der Waals surface area contributed by atoms with Crippen molar-refractivity contribution >= 4 is 31.9 Å². The van der Waals surface area contributed by atoms with E-state index < -0.39 is 0 Å². The minimum absolute atomic E-state index is 0.833. The highest BCUT2D eigenvalue weighted by Gasteiger charge is 2.01. The lowest BCUT2D eigenvalue weighted by Crippen LogP contribution is -2.15. The van der Waals surface area contributed by atoms with Crippen molar-refractivity contribution in [1.82, 2.24) is 10.3 Å². The highest BCUT2D eigenvalue weighted by atomic mass is 79.9. The normalized spacial score (nSPS) is 11.2. The van der Waals surface area contributed by atoms with E-state index >= 15 is 0 Å². The summed E-state index contributed by atoms with van der Waals surface area (Å²) in [5.41, 5.74) is 1.07. The molecule has 4 heteroatoms. The van der Waals surface area contributed by atoms with Crippen molar-refractivity contribution in [3.05, 3.63) is 26.9 Å². The maximum Gasteiger partial charge on any atom is 0.0684 e. The van der Waals surface area contributed by atoms with Gasteiger partial charge >= 0.3 is 0 Å². The lowest BCUT2D eigenvalue weighted by atomic mass is 10.0. The predicted molar refractivity (Wildman–Crippen MR) is 89.3 cm³/mol. The molecule has 0 aromatic carbocycles. The zero-order chi connectivity index (χ0) is 14.1. The van der Waals surface area contributed by atoms with Crippen molar-refractivity contribution in [1.29, 1.82) is 0 Å². The third-order valence-corrected chi connectivity index (χ3v) is 4.18. The fourth-order valence-corrected chi connectivity index (χ4v) is 3.06. The van der Waals surface area contributed by atoms with Gasteiger partial charge in [0.25, 0.3) is 0 Å². The molecular formula is C15H24Br2N2. The Morgan fingerprint density at radius 1 is 1.16 bits per heavy atom. The van der Waals surface area contributed by atoms with Gasteiger partial charge in [0.1, 0.15) is 0 Å². The topological polar surface area (TPSA) is 24.9 Å². The molecule has 1 heterocycles. The summed E-state index contributed by atoms with van der Waals surface area (Å²) in [6.45, 7) is 6.50. The van der Waals surface area contributed by atoms with E-state index in [9.17, 15) is 0 Å². The first-order valence-electron chi connectivity index (χ1n) is 7.10. The minimum Gasteiger partial charge on any atom is -0.311 e. The van der Waals surface area contributed by atoms with Gasteiger partial charge in [-0.2, -0.15) is 0 Å². The number of nitrogens with zero attached hydrogens (tertiary/aromatic N) is 1. The first-order valence-corrected chi connectivity index (χ1v) is 8.69. The molecule has 0 saturated carbocycles. The van der Waals surface area contributed by atoms with Crippen LogP contribution in [-0.4, -0.2) is 11.5 Å². The van der Waals surface area contributed by atoms with Gasteiger partial charge in [0.2, 0.25) is 0 Å². The Morgan fingerprint density at radius 3 is 2.58 bits per heavy atom. The van der Waals surface area contributed by atoms with E-state index in [-0.39, 0.29) is 0 Å². The maximum absolute atomic E-state index is 4.39. The van der Waals surface area contributed by atoms with Crippen LogP contribution in [0.15, 0.2) is 21.2 Å². The molecule has 1 rings (SSSR count). The summed E-state index contributed by atoms with van der Waals surface area (Å²) in [5.74, 6) is 0.846. The average molecular weight is 392 g/mol. The van der Waals surface area contributed by atoms with Gasteiger partial charge in [0.15, 0.2) is 0 Å². The van der Waals surface area contributed by atoms with Gasteiger partial charge in [0.05, 0.1) is 5.69 Å². The molecular weight excluding hydrogens is 368 g/mol. The standard InChI is InChI=1S/C15H24Br2N2/c1-12(2)7-5-3-4-6-8-18-11-15-14(17)9-13(16)10-19-15/h9-10,12,18H,3-8,11H2,1-2H3. The van der Waals surface area contributed by atoms with Gasteiger partial charge in [-0.1, -0.05) is 39.5 Å². The third-order valence-electron chi connectivity index (χ3n) is 3.06. The minimum atomic E-state index is 0.833. The quantitative estimate of drug-likeness (QED) is 0.577. The Kier molecular flexibility index (Phi) is 8.92. The van der Waals surface area contributed by atoms with E-state index in [1.807, 2.05) is 12.3 Å². The molecule has 2 nitrogen and oxygen atoms in total. The number of halogens is 2. The molecule has 1 aromatic heterocycles. The second-order valence-corrected chi connectivity index (χ2v) is 7.13. The number of rotatable bonds is 9. The van der Waals surface area contributed by atoms with E-state index in [2.05, 4.69) is 56.0 Å². The number of pyridine rings is 1. The first-order chi connectivity index (χ1) is 9.09. The fraction of sp³-hybridized carbons (Fsp3) is 0.667. The van der Waals surface area contributed by atoms with Crippen molar-refractivity contribution in [3.8, 4) is 0 Å². The molecule has 0 radical (unpaired) electrons. The highest BCUT2D eigenvalue weighted by Crippen LogP contribution is 2.19. The van der Waals surface area contributed by atoms with Crippen molar-refractivity contribution in [3.63, 3.8) is 0 Å². The van der Waals surface area contributed by atoms with Crippen LogP contribution in [0.2, 0.25) is 0 Å². The smallest absolute Gasteiger partial charge is 0.0684 e. The molecule has 108 valence electrons. The second-order valence-electron chi connectivity index (χ2n) is 5.36. The summed E-state index contributed by atoms with van der Waals surface area (Å²) in [4.78, 5) is 4.39. The fourth-order valence-electron chi connectivity index (χ4n) is 1.94. The molecule has 1 N–H and O–H groups in total. The van der Waals surface area contributed by atoms with E-state index in [0.717, 1.165) is 33.6 Å². The van der Waals surface area contributed by atoms with Crippen LogP contribution in [0.1, 0.15) is 51.6 Å². The maximum atomic E-state index is 4.39. The van der Waals surface area contributed by atoms with E-state index in [0.29, 0.717) is 0 Å². The van der Waals surface area contributed by atoms with Crippen molar-refractivity contribution in [2.24, 2.45) is 5.92 Å². The number of nitrogens with one attached hydrogen (secondary N) is 1. The van der Waals surface area contributed by atoms with Gasteiger partial charge in [-0.05, 0) is 56.8 Å². The van der Waals surface area contributed by atoms with Gasteiger partial charge in [-0.25, -0.2) is 0 Å². The van der Waals surface area contributed by atoms with Crippen LogP contribution in [0.5, 0.6) is 0 Å². The summed E-state index contributed by atoms with van der Waals surface area (Å²) in [6.07, 6.45) is 8.52. The Bertz CT molecular complexity index is 367. The molecule has 0 fully saturated rings. The van der Waals surface area contributed by atoms with Crippen LogP contribution in [0.4, 0.5) is 0 Å². The average Bonchev–Trinajstić information content (AvgIpc) is 2.34. The zero-order valence-corrected chi connectivity index (χ0v) is 15.1. The second kappa shape index (κ2) is 9.89. The Labute approximate surface area is 134 Å². The number of hydrogen-bond donors (Lipinski definition) is 1. The van der Waals surface area contributed by atoms with Crippen molar-refractivity contribution < 1.29 is 0 Å². The van der Waals surface area contributed by atoms with Gasteiger partial charge in [0, 0.05) is 21.7 Å². The van der Waals surface area contributed by atoms with Crippen molar-refractivity contribution in [2.45, 2.75) is 52.5 Å².